The summed E-state index contributed by atoms with van der Waals surface area (Å²) in [5.74, 6) is 1.09. The van der Waals surface area contributed by atoms with Gasteiger partial charge < -0.3 is 24.3 Å². The number of nitrogens with zero attached hydrogens (tertiary/aromatic N) is 3. The minimum Gasteiger partial charge on any atom is -0.444 e. The number of amides is 2. The van der Waals surface area contributed by atoms with Crippen LogP contribution in [0.1, 0.15) is 63.8 Å². The number of imidazole rings is 1. The topological polar surface area (TPSA) is 85.7 Å². The number of piperidine rings is 1. The maximum atomic E-state index is 13.8. The van der Waals surface area contributed by atoms with Gasteiger partial charge in [-0.2, -0.15) is 0 Å². The lowest BCUT2D eigenvalue weighted by molar-refractivity contribution is -0.132. The molecule has 0 spiro atoms. The van der Waals surface area contributed by atoms with Gasteiger partial charge in [-0.15, -0.1) is 0 Å². The maximum Gasteiger partial charge on any atom is 0.407 e. The molecule has 0 aliphatic carbocycles. The first-order valence-corrected chi connectivity index (χ1v) is 15.9. The minimum atomic E-state index is -0.638. The van der Waals surface area contributed by atoms with Crippen molar-refractivity contribution < 1.29 is 19.1 Å². The van der Waals surface area contributed by atoms with Gasteiger partial charge in [-0.25, -0.2) is 9.78 Å². The van der Waals surface area contributed by atoms with Gasteiger partial charge in [0.25, 0.3) is 0 Å². The van der Waals surface area contributed by atoms with Crippen molar-refractivity contribution in [3.05, 3.63) is 77.1 Å². The SMILES string of the molecule is COCCCn1c(C2CCCN(C(=O)CC(Cc3ccc4ccccc4c3)NC(=O)OC(C)(C)C)C2)nc2ccc(Cl)cc21. The number of likely N-dealkylation sites (tertiary alicyclic amines) is 1. The summed E-state index contributed by atoms with van der Waals surface area (Å²) in [4.78, 5) is 33.6. The van der Waals surface area contributed by atoms with Crippen LogP contribution < -0.4 is 5.32 Å². The van der Waals surface area contributed by atoms with Crippen molar-refractivity contribution in [2.24, 2.45) is 0 Å². The number of carbonyl (C=O) groups excluding carboxylic acids is 2. The molecule has 1 saturated heterocycles. The van der Waals surface area contributed by atoms with Gasteiger partial charge in [0.2, 0.25) is 5.91 Å². The number of alkyl carbamates (subject to hydrolysis) is 1. The molecule has 2 heterocycles. The molecule has 44 heavy (non-hydrogen) atoms. The second-order valence-electron chi connectivity index (χ2n) is 12.7. The molecule has 8 nitrogen and oxygen atoms in total. The summed E-state index contributed by atoms with van der Waals surface area (Å²) in [7, 11) is 1.71. The monoisotopic (exact) mass is 618 g/mol. The third kappa shape index (κ3) is 8.10. The predicted molar refractivity (Wildman–Crippen MR) is 175 cm³/mol. The molecule has 3 aromatic carbocycles. The molecule has 1 N–H and O–H groups in total. The van der Waals surface area contributed by atoms with E-state index in [4.69, 9.17) is 26.1 Å². The molecule has 0 radical (unpaired) electrons. The summed E-state index contributed by atoms with van der Waals surface area (Å²) >= 11 is 6.36. The summed E-state index contributed by atoms with van der Waals surface area (Å²) in [5, 5.41) is 5.95. The summed E-state index contributed by atoms with van der Waals surface area (Å²) in [6.45, 7) is 8.17. The van der Waals surface area contributed by atoms with Crippen molar-refractivity contribution in [3.63, 3.8) is 0 Å². The number of carbonyl (C=O) groups is 2. The molecule has 234 valence electrons. The second-order valence-corrected chi connectivity index (χ2v) is 13.1. The van der Waals surface area contributed by atoms with E-state index in [0.717, 1.165) is 59.0 Å². The van der Waals surface area contributed by atoms with Crippen LogP contribution in [0, 0.1) is 0 Å². The zero-order valence-corrected chi connectivity index (χ0v) is 26.9. The number of fused-ring (bicyclic) bond motifs is 2. The molecule has 9 heteroatoms. The summed E-state index contributed by atoms with van der Waals surface area (Å²) in [6.07, 6.45) is 2.86. The Balaban J connectivity index is 1.34. The summed E-state index contributed by atoms with van der Waals surface area (Å²) in [6, 6.07) is 19.8. The van der Waals surface area contributed by atoms with Crippen molar-refractivity contribution in [3.8, 4) is 0 Å². The number of hydrogen-bond donors (Lipinski definition) is 1. The first kappa shape index (κ1) is 31.8. The summed E-state index contributed by atoms with van der Waals surface area (Å²) < 4.78 is 13.1. The molecule has 5 rings (SSSR count). The van der Waals surface area contributed by atoms with Gasteiger partial charge in [0.05, 0.1) is 11.0 Å². The van der Waals surface area contributed by atoms with E-state index in [1.165, 1.54) is 0 Å². The molecule has 1 fully saturated rings. The average Bonchev–Trinajstić information content (AvgIpc) is 3.33. The number of aryl methyl sites for hydroxylation is 1. The van der Waals surface area contributed by atoms with E-state index in [2.05, 4.69) is 40.2 Å². The number of methoxy groups -OCH3 is 1. The van der Waals surface area contributed by atoms with Crippen molar-refractivity contribution in [2.75, 3.05) is 26.8 Å². The van der Waals surface area contributed by atoms with Crippen LogP contribution in [-0.2, 0) is 27.2 Å². The Morgan fingerprint density at radius 3 is 2.66 bits per heavy atom. The number of rotatable bonds is 10. The maximum absolute atomic E-state index is 13.8. The van der Waals surface area contributed by atoms with Crippen LogP contribution in [0.25, 0.3) is 21.8 Å². The normalized spacial score (nSPS) is 16.3. The Labute approximate surface area is 264 Å². The number of ether oxygens (including phenoxy) is 2. The van der Waals surface area contributed by atoms with Gasteiger partial charge in [0.15, 0.2) is 0 Å². The van der Waals surface area contributed by atoms with Gasteiger partial charge in [0, 0.05) is 56.8 Å². The van der Waals surface area contributed by atoms with E-state index in [9.17, 15) is 9.59 Å². The first-order valence-electron chi connectivity index (χ1n) is 15.5. The van der Waals surface area contributed by atoms with Gasteiger partial charge in [0.1, 0.15) is 11.4 Å². The van der Waals surface area contributed by atoms with Crippen LogP contribution in [0.3, 0.4) is 0 Å². The molecule has 2 atom stereocenters. The van der Waals surface area contributed by atoms with Crippen molar-refractivity contribution in [1.29, 1.82) is 0 Å². The van der Waals surface area contributed by atoms with E-state index in [0.29, 0.717) is 31.1 Å². The molecule has 1 aromatic heterocycles. The zero-order valence-electron chi connectivity index (χ0n) is 26.1. The Morgan fingerprint density at radius 2 is 1.89 bits per heavy atom. The zero-order chi connectivity index (χ0) is 31.3. The molecule has 1 aliphatic rings. The highest BCUT2D eigenvalue weighted by molar-refractivity contribution is 6.31. The Kier molecular flexibility index (Phi) is 10.1. The van der Waals surface area contributed by atoms with Gasteiger partial charge in [-0.3, -0.25) is 4.79 Å². The van der Waals surface area contributed by atoms with Gasteiger partial charge >= 0.3 is 6.09 Å². The molecule has 2 unspecified atom stereocenters. The number of nitrogens with one attached hydrogen (secondary N) is 1. The number of halogens is 1. The largest absolute Gasteiger partial charge is 0.444 e. The fraction of sp³-hybridized carbons (Fsp3) is 0.457. The van der Waals surface area contributed by atoms with Crippen molar-refractivity contribution >= 4 is 45.4 Å². The minimum absolute atomic E-state index is 0.0154. The number of hydrogen-bond acceptors (Lipinski definition) is 5. The molecule has 0 saturated carbocycles. The summed E-state index contributed by atoms with van der Waals surface area (Å²) in [5.41, 5.74) is 2.32. The van der Waals surface area contributed by atoms with Crippen LogP contribution in [0.15, 0.2) is 60.7 Å². The van der Waals surface area contributed by atoms with E-state index >= 15 is 0 Å². The van der Waals surface area contributed by atoms with E-state index in [1.54, 1.807) is 7.11 Å². The highest BCUT2D eigenvalue weighted by Gasteiger charge is 2.30. The molecular weight excluding hydrogens is 576 g/mol. The first-order chi connectivity index (χ1) is 21.1. The molecule has 2 amide bonds. The fourth-order valence-electron chi connectivity index (χ4n) is 6.08. The molecule has 4 aromatic rings. The van der Waals surface area contributed by atoms with Crippen molar-refractivity contribution in [1.82, 2.24) is 19.8 Å². The quantitative estimate of drug-likeness (QED) is 0.191. The van der Waals surface area contributed by atoms with Gasteiger partial charge in [-0.1, -0.05) is 54.1 Å². The Morgan fingerprint density at radius 1 is 1.09 bits per heavy atom. The molecule has 0 bridgehead atoms. The van der Waals surface area contributed by atoms with E-state index in [1.807, 2.05) is 56.0 Å². The second kappa shape index (κ2) is 14.0. The van der Waals surface area contributed by atoms with Crippen molar-refractivity contribution in [2.45, 2.75) is 77.0 Å². The standard InChI is InChI=1S/C35H43ClN4O4/c1-35(2,3)44-34(42)37-29(20-24-12-13-25-9-5-6-10-26(25)19-24)22-32(41)39-16-7-11-27(23-39)33-38-30-15-14-28(36)21-31(30)40(33)17-8-18-43-4/h5-6,9-10,12-15,19,21,27,29H,7-8,11,16-18,20,22-23H2,1-4H3,(H,37,42). The lowest BCUT2D eigenvalue weighted by Crippen LogP contribution is -2.46. The average molecular weight is 619 g/mol. The third-order valence-corrected chi connectivity index (χ3v) is 8.28. The Hall–Kier alpha value is -3.62. The number of benzene rings is 3. The fourth-order valence-corrected chi connectivity index (χ4v) is 6.25. The van der Waals surface area contributed by atoms with Crippen LogP contribution in [0.4, 0.5) is 4.79 Å². The van der Waals surface area contributed by atoms with E-state index in [-0.39, 0.29) is 18.2 Å². The third-order valence-electron chi connectivity index (χ3n) is 8.05. The number of aromatic nitrogens is 2. The highest BCUT2D eigenvalue weighted by Crippen LogP contribution is 2.31. The molecular formula is C35H43ClN4O4. The van der Waals surface area contributed by atoms with Gasteiger partial charge in [-0.05, 0) is 81.0 Å². The lowest BCUT2D eigenvalue weighted by atomic mass is 9.95. The van der Waals surface area contributed by atoms with Crippen LogP contribution in [0.5, 0.6) is 0 Å². The molecule has 1 aliphatic heterocycles. The van der Waals surface area contributed by atoms with E-state index < -0.39 is 17.7 Å². The highest BCUT2D eigenvalue weighted by atomic mass is 35.5. The predicted octanol–water partition coefficient (Wildman–Crippen LogP) is 7.11. The lowest BCUT2D eigenvalue weighted by Gasteiger charge is -2.34. The smallest absolute Gasteiger partial charge is 0.407 e. The van der Waals surface area contributed by atoms with Crippen LogP contribution >= 0.6 is 11.6 Å². The van der Waals surface area contributed by atoms with Crippen LogP contribution in [0.2, 0.25) is 5.02 Å². The Bertz CT molecular complexity index is 1610. The van der Waals surface area contributed by atoms with Crippen LogP contribution in [-0.4, -0.2) is 64.9 Å².